The minimum atomic E-state index is 0.470. The molecule has 1 heterocycles. The summed E-state index contributed by atoms with van der Waals surface area (Å²) in [6.07, 6.45) is 5.16. The number of nitrogens with one attached hydrogen (secondary N) is 1. The monoisotopic (exact) mass is 240 g/mol. The Morgan fingerprint density at radius 1 is 1.29 bits per heavy atom. The van der Waals surface area contributed by atoms with Gasteiger partial charge in [-0.25, -0.2) is 0 Å². The van der Waals surface area contributed by atoms with Gasteiger partial charge in [0.05, 0.1) is 0 Å². The second-order valence-corrected chi connectivity index (χ2v) is 6.51. The molecule has 2 atom stereocenters. The summed E-state index contributed by atoms with van der Waals surface area (Å²) < 4.78 is 0. The third-order valence-electron chi connectivity index (χ3n) is 4.28. The van der Waals surface area contributed by atoms with Gasteiger partial charge in [-0.3, -0.25) is 0 Å². The molecule has 0 saturated carbocycles. The molecule has 0 bridgehead atoms. The number of rotatable bonds is 6. The van der Waals surface area contributed by atoms with E-state index in [2.05, 4.69) is 44.8 Å². The molecule has 1 aliphatic rings. The lowest BCUT2D eigenvalue weighted by Crippen LogP contribution is -2.50. The van der Waals surface area contributed by atoms with Gasteiger partial charge in [0.25, 0.3) is 0 Å². The summed E-state index contributed by atoms with van der Waals surface area (Å²) in [4.78, 5) is 2.69. The summed E-state index contributed by atoms with van der Waals surface area (Å²) in [5.41, 5.74) is 0.470. The van der Waals surface area contributed by atoms with E-state index in [0.717, 1.165) is 12.1 Å². The number of hydrogen-bond acceptors (Lipinski definition) is 2. The fraction of sp³-hybridized carbons (Fsp3) is 1.00. The van der Waals surface area contributed by atoms with Crippen LogP contribution in [0.1, 0.15) is 60.3 Å². The van der Waals surface area contributed by atoms with Crippen molar-refractivity contribution in [3.05, 3.63) is 0 Å². The highest BCUT2D eigenvalue weighted by Crippen LogP contribution is 2.26. The third kappa shape index (κ3) is 4.97. The van der Waals surface area contributed by atoms with E-state index >= 15 is 0 Å². The van der Waals surface area contributed by atoms with Crippen molar-refractivity contribution in [2.75, 3.05) is 19.6 Å². The molecule has 0 aromatic rings. The number of nitrogens with zero attached hydrogens (tertiary/aromatic N) is 1. The van der Waals surface area contributed by atoms with E-state index in [0.29, 0.717) is 5.41 Å². The first-order valence-electron chi connectivity index (χ1n) is 7.46. The van der Waals surface area contributed by atoms with Gasteiger partial charge in [0.1, 0.15) is 0 Å². The largest absolute Gasteiger partial charge is 0.314 e. The molecule has 1 fully saturated rings. The maximum atomic E-state index is 3.67. The average molecular weight is 240 g/mol. The third-order valence-corrected chi connectivity index (χ3v) is 4.28. The molecule has 1 aliphatic heterocycles. The van der Waals surface area contributed by atoms with E-state index in [9.17, 15) is 0 Å². The molecule has 0 aliphatic carbocycles. The van der Waals surface area contributed by atoms with E-state index in [-0.39, 0.29) is 0 Å². The van der Waals surface area contributed by atoms with Gasteiger partial charge in [0, 0.05) is 18.6 Å². The molecule has 0 amide bonds. The highest BCUT2D eigenvalue weighted by molar-refractivity contribution is 4.85. The van der Waals surface area contributed by atoms with Crippen LogP contribution in [-0.4, -0.2) is 36.6 Å². The molecule has 2 nitrogen and oxygen atoms in total. The molecule has 1 rings (SSSR count). The van der Waals surface area contributed by atoms with Gasteiger partial charge in [-0.1, -0.05) is 27.7 Å². The summed E-state index contributed by atoms with van der Waals surface area (Å²) in [5.74, 6) is 0. The summed E-state index contributed by atoms with van der Waals surface area (Å²) in [6, 6.07) is 1.50. The van der Waals surface area contributed by atoms with Crippen LogP contribution in [0, 0.1) is 5.41 Å². The van der Waals surface area contributed by atoms with Crippen LogP contribution >= 0.6 is 0 Å². The molecule has 17 heavy (non-hydrogen) atoms. The average Bonchev–Trinajstić information content (AvgIpc) is 2.29. The normalized spacial score (nSPS) is 27.4. The lowest BCUT2D eigenvalue weighted by Gasteiger charge is -2.42. The second kappa shape index (κ2) is 6.75. The fourth-order valence-corrected chi connectivity index (χ4v) is 2.65. The van der Waals surface area contributed by atoms with Crippen molar-refractivity contribution in [2.45, 2.75) is 72.4 Å². The standard InChI is InChI=1S/C15H32N2/c1-6-9-16-14-8-10-17(13(3)11-14)12-15(4,5)7-2/h13-14,16H,6-12H2,1-5H3. The van der Waals surface area contributed by atoms with Crippen molar-refractivity contribution in [1.82, 2.24) is 10.2 Å². The first-order chi connectivity index (χ1) is 7.98. The summed E-state index contributed by atoms with van der Waals surface area (Å²) in [6.45, 7) is 15.4. The van der Waals surface area contributed by atoms with Crippen LogP contribution in [0.2, 0.25) is 0 Å². The molecule has 0 radical (unpaired) electrons. The Kier molecular flexibility index (Phi) is 5.94. The Balaban J connectivity index is 2.37. The van der Waals surface area contributed by atoms with Crippen molar-refractivity contribution < 1.29 is 0 Å². The molecular weight excluding hydrogens is 208 g/mol. The van der Waals surface area contributed by atoms with Gasteiger partial charge in [-0.15, -0.1) is 0 Å². The van der Waals surface area contributed by atoms with Crippen LogP contribution in [0.4, 0.5) is 0 Å². The molecule has 0 spiro atoms. The topological polar surface area (TPSA) is 15.3 Å². The van der Waals surface area contributed by atoms with Crippen LogP contribution in [-0.2, 0) is 0 Å². The molecular formula is C15H32N2. The van der Waals surface area contributed by atoms with Gasteiger partial charge in [0.2, 0.25) is 0 Å². The van der Waals surface area contributed by atoms with Crippen molar-refractivity contribution in [2.24, 2.45) is 5.41 Å². The van der Waals surface area contributed by atoms with E-state index in [1.54, 1.807) is 0 Å². The van der Waals surface area contributed by atoms with Crippen LogP contribution in [0.25, 0.3) is 0 Å². The van der Waals surface area contributed by atoms with Crippen molar-refractivity contribution in [3.63, 3.8) is 0 Å². The Labute approximate surface area is 108 Å². The smallest absolute Gasteiger partial charge is 0.00940 e. The SMILES string of the molecule is CCCNC1CCN(CC(C)(C)CC)C(C)C1. The van der Waals surface area contributed by atoms with E-state index in [4.69, 9.17) is 0 Å². The Hall–Kier alpha value is -0.0800. The first-order valence-corrected chi connectivity index (χ1v) is 7.46. The van der Waals surface area contributed by atoms with E-state index < -0.39 is 0 Å². The predicted molar refractivity (Wildman–Crippen MR) is 76.4 cm³/mol. The van der Waals surface area contributed by atoms with Crippen LogP contribution in [0.5, 0.6) is 0 Å². The van der Waals surface area contributed by atoms with Crippen LogP contribution in [0.3, 0.4) is 0 Å². The minimum Gasteiger partial charge on any atom is -0.314 e. The zero-order chi connectivity index (χ0) is 12.9. The van der Waals surface area contributed by atoms with Gasteiger partial charge < -0.3 is 10.2 Å². The molecule has 0 aromatic heterocycles. The lowest BCUT2D eigenvalue weighted by atomic mass is 9.87. The predicted octanol–water partition coefficient (Wildman–Crippen LogP) is 3.28. The van der Waals surface area contributed by atoms with Gasteiger partial charge in [0.15, 0.2) is 0 Å². The molecule has 1 N–H and O–H groups in total. The number of likely N-dealkylation sites (tertiary alicyclic amines) is 1. The second-order valence-electron chi connectivity index (χ2n) is 6.51. The van der Waals surface area contributed by atoms with Crippen molar-refractivity contribution >= 4 is 0 Å². The summed E-state index contributed by atoms with van der Waals surface area (Å²) >= 11 is 0. The van der Waals surface area contributed by atoms with Crippen molar-refractivity contribution in [3.8, 4) is 0 Å². The van der Waals surface area contributed by atoms with Crippen molar-refractivity contribution in [1.29, 1.82) is 0 Å². The summed E-state index contributed by atoms with van der Waals surface area (Å²) in [7, 11) is 0. The minimum absolute atomic E-state index is 0.470. The first kappa shape index (κ1) is 15.0. The molecule has 102 valence electrons. The fourth-order valence-electron chi connectivity index (χ4n) is 2.65. The van der Waals surface area contributed by atoms with Gasteiger partial charge >= 0.3 is 0 Å². The molecule has 0 aromatic carbocycles. The maximum absolute atomic E-state index is 3.67. The van der Waals surface area contributed by atoms with Gasteiger partial charge in [-0.05, 0) is 51.1 Å². The van der Waals surface area contributed by atoms with Gasteiger partial charge in [-0.2, -0.15) is 0 Å². The van der Waals surface area contributed by atoms with Crippen LogP contribution < -0.4 is 5.32 Å². The van der Waals surface area contributed by atoms with E-state index in [1.165, 1.54) is 45.3 Å². The van der Waals surface area contributed by atoms with E-state index in [1.807, 2.05) is 0 Å². The zero-order valence-electron chi connectivity index (χ0n) is 12.6. The number of piperidine rings is 1. The Bertz CT molecular complexity index is 213. The summed E-state index contributed by atoms with van der Waals surface area (Å²) in [5, 5.41) is 3.67. The highest BCUT2D eigenvalue weighted by atomic mass is 15.2. The Morgan fingerprint density at radius 3 is 2.53 bits per heavy atom. The number of hydrogen-bond donors (Lipinski definition) is 1. The molecule has 2 unspecified atom stereocenters. The molecule has 1 saturated heterocycles. The van der Waals surface area contributed by atoms with Crippen LogP contribution in [0.15, 0.2) is 0 Å². The lowest BCUT2D eigenvalue weighted by molar-refractivity contribution is 0.0880. The quantitative estimate of drug-likeness (QED) is 0.766. The Morgan fingerprint density at radius 2 is 2.00 bits per heavy atom. The zero-order valence-corrected chi connectivity index (χ0v) is 12.6. The maximum Gasteiger partial charge on any atom is 0.00940 e. The molecule has 2 heteroatoms. The highest BCUT2D eigenvalue weighted by Gasteiger charge is 2.28.